The summed E-state index contributed by atoms with van der Waals surface area (Å²) in [6.07, 6.45) is 16.6. The SMILES string of the molecule is Brc1ccc2c(c1)c1cccnc1n2-c1cccc(-c2cc(-c3ccccn3)nc(-c3ccccn3)c2)c1.Brc1ccc2c(c1)c1cccnc1n2-c1nc(-c2ccccc2)c2ccccc2n1.Brc1ccc2c(c1)c1ccncc1n2-c1ccccc1.Brc1ccc2c(c1)c1cnccc1n2-c1ccccc1.Brc1ccc2c(c1)c1ncccc1n2-c1ccccc1. The predicted molar refractivity (Wildman–Crippen MR) is 540 cm³/mol. The highest BCUT2D eigenvalue weighted by Crippen LogP contribution is 2.41. The van der Waals surface area contributed by atoms with Crippen LogP contribution in [0.5, 0.6) is 0 Å². The maximum atomic E-state index is 5.04. The van der Waals surface area contributed by atoms with Crippen molar-refractivity contribution >= 4 is 200 Å². The van der Waals surface area contributed by atoms with E-state index in [1.54, 1.807) is 12.4 Å². The minimum atomic E-state index is 0.619. The molecular weight excluding hydrogens is 1910 g/mol. The molecule has 0 saturated carbocycles. The van der Waals surface area contributed by atoms with Crippen molar-refractivity contribution in [3.63, 3.8) is 0 Å². The fourth-order valence-corrected chi connectivity index (χ4v) is 18.8. The van der Waals surface area contributed by atoms with Gasteiger partial charge < -0.3 is 13.7 Å². The van der Waals surface area contributed by atoms with Gasteiger partial charge in [0.25, 0.3) is 0 Å². The number of rotatable bonds is 9. The summed E-state index contributed by atoms with van der Waals surface area (Å²) in [5, 5.41) is 11.5. The van der Waals surface area contributed by atoms with Crippen LogP contribution < -0.4 is 0 Å². The Hall–Kier alpha value is -14.6. The molecule has 0 aliphatic carbocycles. The van der Waals surface area contributed by atoms with Crippen LogP contribution in [0.25, 0.3) is 194 Å². The molecule has 11 aromatic carbocycles. The first-order chi connectivity index (χ1) is 63.1. The standard InChI is InChI=1S/C32H20BrN5.C25H15BrN4.3C17H11BrN2/c33-23-12-13-31-26(20-23)25-9-6-16-36-32(25)38(31)24-8-5-7-21(17-24)22-18-29(27-10-1-3-14-34-27)37-30(19-22)28-11-2-4-15-35-28;26-17-12-13-22-20(15-17)18-10-6-14-27-24(18)30(22)25-28-21-11-5-4-9-19(21)23(29-25)16-7-2-1-3-8-16;18-12-8-9-15-14(11-12)17-16(7-4-10-19-17)20(15)13-5-2-1-3-6-13;18-12-6-7-16-14(10-12)15-11-19-9-8-17(15)20(16)13-4-2-1-3-5-13;18-12-6-7-16-15(10-12)14-8-9-19-11-17(14)20(16)13-4-2-1-3-5-13/h1-20H;1-15H;3*1-11H. The van der Waals surface area contributed by atoms with Gasteiger partial charge in [-0.25, -0.2) is 24.9 Å². The van der Waals surface area contributed by atoms with Crippen molar-refractivity contribution in [2.24, 2.45) is 0 Å². The molecule has 128 heavy (non-hydrogen) atoms. The minimum Gasteiger partial charge on any atom is -0.309 e. The van der Waals surface area contributed by atoms with Crippen molar-refractivity contribution in [2.75, 3.05) is 0 Å². The van der Waals surface area contributed by atoms with Gasteiger partial charge in [-0.05, 0) is 242 Å². The lowest BCUT2D eigenvalue weighted by molar-refractivity contribution is 0.997. The Morgan fingerprint density at radius 2 is 0.625 bits per heavy atom. The number of para-hydroxylation sites is 4. The molecule has 14 heterocycles. The molecular formula is C108H68Br5N15. The Morgan fingerprint density at radius 3 is 1.20 bits per heavy atom. The predicted octanol–water partition coefficient (Wildman–Crippen LogP) is 29.5. The average Bonchev–Trinajstić information content (AvgIpc) is 1.59. The summed E-state index contributed by atoms with van der Waals surface area (Å²) in [6, 6.07) is 122. The van der Waals surface area contributed by atoms with Gasteiger partial charge in [-0.3, -0.25) is 34.1 Å². The largest absolute Gasteiger partial charge is 0.309 e. The van der Waals surface area contributed by atoms with Gasteiger partial charge >= 0.3 is 0 Å². The van der Waals surface area contributed by atoms with Gasteiger partial charge in [-0.1, -0.05) is 207 Å². The Morgan fingerprint density at radius 1 is 0.203 bits per heavy atom. The van der Waals surface area contributed by atoms with E-state index in [0.717, 1.165) is 156 Å². The zero-order valence-corrected chi connectivity index (χ0v) is 75.8. The first kappa shape index (κ1) is 80.5. The van der Waals surface area contributed by atoms with Crippen molar-refractivity contribution in [3.8, 4) is 73.9 Å². The summed E-state index contributed by atoms with van der Waals surface area (Å²) in [4.78, 5) is 46.5. The first-order valence-electron chi connectivity index (χ1n) is 41.2. The Labute approximate surface area is 775 Å². The summed E-state index contributed by atoms with van der Waals surface area (Å²) in [5.74, 6) is 0.619. The molecule has 0 N–H and O–H groups in total. The smallest absolute Gasteiger partial charge is 0.237 e. The third-order valence-electron chi connectivity index (χ3n) is 22.5. The zero-order chi connectivity index (χ0) is 86.1. The lowest BCUT2D eigenvalue weighted by Gasteiger charge is -2.12. The summed E-state index contributed by atoms with van der Waals surface area (Å²) in [5.41, 5.74) is 24.7. The van der Waals surface area contributed by atoms with E-state index >= 15 is 0 Å². The number of halogens is 5. The molecule has 15 nitrogen and oxygen atoms in total. The summed E-state index contributed by atoms with van der Waals surface area (Å²) < 4.78 is 16.4. The molecule has 0 atom stereocenters. The molecule has 0 aliphatic rings. The van der Waals surface area contributed by atoms with Crippen molar-refractivity contribution in [3.05, 3.63) is 436 Å². The fraction of sp³-hybridized carbons (Fsp3) is 0. The lowest BCUT2D eigenvalue weighted by Crippen LogP contribution is -2.04. The minimum absolute atomic E-state index is 0.619. The molecule has 0 aliphatic heterocycles. The number of aromatic nitrogens is 15. The van der Waals surface area contributed by atoms with Gasteiger partial charge in [0.2, 0.25) is 5.95 Å². The quantitative estimate of drug-likeness (QED) is 0.136. The van der Waals surface area contributed by atoms with Crippen LogP contribution in [0, 0.1) is 0 Å². The van der Waals surface area contributed by atoms with E-state index in [4.69, 9.17) is 19.9 Å². The van der Waals surface area contributed by atoms with Gasteiger partial charge in [-0.2, -0.15) is 0 Å². The number of fused-ring (bicyclic) bond motifs is 16. The van der Waals surface area contributed by atoms with Crippen LogP contribution in [0.4, 0.5) is 0 Å². The second-order valence-electron chi connectivity index (χ2n) is 30.3. The van der Waals surface area contributed by atoms with Gasteiger partial charge in [-0.15, -0.1) is 0 Å². The third-order valence-corrected chi connectivity index (χ3v) is 25.0. The first-order valence-corrected chi connectivity index (χ1v) is 45.2. The van der Waals surface area contributed by atoms with Gasteiger partial charge in [0.15, 0.2) is 0 Å². The van der Waals surface area contributed by atoms with Crippen molar-refractivity contribution in [1.82, 2.24) is 72.7 Å². The highest BCUT2D eigenvalue weighted by molar-refractivity contribution is 9.11. The molecule has 25 aromatic rings. The van der Waals surface area contributed by atoms with E-state index in [0.29, 0.717) is 5.95 Å². The second kappa shape index (κ2) is 35.4. The molecule has 0 saturated heterocycles. The van der Waals surface area contributed by atoms with Crippen molar-refractivity contribution < 1.29 is 0 Å². The van der Waals surface area contributed by atoms with E-state index in [1.807, 2.05) is 159 Å². The van der Waals surface area contributed by atoms with E-state index in [2.05, 4.69) is 375 Å². The molecule has 0 bridgehead atoms. The van der Waals surface area contributed by atoms with E-state index in [1.165, 1.54) is 54.7 Å². The molecule has 25 rings (SSSR count). The van der Waals surface area contributed by atoms with E-state index < -0.39 is 0 Å². The van der Waals surface area contributed by atoms with Crippen LogP contribution in [-0.2, 0) is 0 Å². The van der Waals surface area contributed by atoms with E-state index in [-0.39, 0.29) is 0 Å². The van der Waals surface area contributed by atoms with Gasteiger partial charge in [0.05, 0.1) is 89.8 Å². The zero-order valence-electron chi connectivity index (χ0n) is 67.9. The van der Waals surface area contributed by atoms with Crippen molar-refractivity contribution in [1.29, 1.82) is 0 Å². The molecule has 0 fully saturated rings. The maximum absolute atomic E-state index is 5.04. The van der Waals surface area contributed by atoms with Crippen LogP contribution in [0.1, 0.15) is 0 Å². The van der Waals surface area contributed by atoms with Crippen LogP contribution in [0.2, 0.25) is 0 Å². The van der Waals surface area contributed by atoms with Crippen LogP contribution in [0.3, 0.4) is 0 Å². The highest BCUT2D eigenvalue weighted by Gasteiger charge is 2.22. The summed E-state index contributed by atoms with van der Waals surface area (Å²) in [7, 11) is 0. The monoisotopic (exact) mass is 1970 g/mol. The molecule has 0 radical (unpaired) electrons. The topological polar surface area (TPSA) is 154 Å². The third kappa shape index (κ3) is 15.7. The lowest BCUT2D eigenvalue weighted by atomic mass is 10.0. The fourth-order valence-electron chi connectivity index (χ4n) is 16.9. The number of hydrogen-bond acceptors (Lipinski definition) is 10. The van der Waals surface area contributed by atoms with Gasteiger partial charge in [0, 0.05) is 154 Å². The Balaban J connectivity index is 0.0000000999. The Kier molecular flexibility index (Phi) is 22.3. The number of nitrogens with zero attached hydrogens (tertiary/aromatic N) is 15. The molecule has 20 heteroatoms. The number of pyridine rings is 8. The molecule has 14 aromatic heterocycles. The van der Waals surface area contributed by atoms with E-state index in [9.17, 15) is 0 Å². The second-order valence-corrected chi connectivity index (χ2v) is 34.8. The van der Waals surface area contributed by atoms with Crippen molar-refractivity contribution in [2.45, 2.75) is 0 Å². The maximum Gasteiger partial charge on any atom is 0.237 e. The molecule has 0 spiro atoms. The molecule has 0 amide bonds. The summed E-state index contributed by atoms with van der Waals surface area (Å²) >= 11 is 17.9. The average molecular weight is 1980 g/mol. The number of hydrogen-bond donors (Lipinski definition) is 0. The van der Waals surface area contributed by atoms with Crippen LogP contribution >= 0.6 is 79.6 Å². The number of benzene rings is 11. The molecule has 610 valence electrons. The van der Waals surface area contributed by atoms with Crippen LogP contribution in [-0.4, -0.2) is 72.7 Å². The normalized spacial score (nSPS) is 11.3. The highest BCUT2D eigenvalue weighted by atomic mass is 79.9. The van der Waals surface area contributed by atoms with Gasteiger partial charge in [0.1, 0.15) is 11.3 Å². The Bertz CT molecular complexity index is 8040. The summed E-state index contributed by atoms with van der Waals surface area (Å²) in [6.45, 7) is 0. The molecule has 0 unspecified atom stereocenters. The van der Waals surface area contributed by atoms with Crippen LogP contribution in [0.15, 0.2) is 436 Å².